The number of benzene rings is 1. The van der Waals surface area contributed by atoms with E-state index in [1.165, 1.54) is 12.5 Å². The minimum atomic E-state index is -0.498. The first-order valence-corrected chi connectivity index (χ1v) is 7.62. The topological polar surface area (TPSA) is 23.5 Å². The Kier molecular flexibility index (Phi) is 5.17. The van der Waals surface area contributed by atoms with Crippen LogP contribution in [0.1, 0.15) is 43.9 Å². The highest BCUT2D eigenvalue weighted by atomic mass is 19.1. The molecule has 1 saturated heterocycles. The summed E-state index contributed by atoms with van der Waals surface area (Å²) >= 11 is 0. The molecule has 3 atom stereocenters. The molecule has 0 aliphatic carbocycles. The van der Waals surface area contributed by atoms with Gasteiger partial charge in [-0.15, -0.1) is 0 Å². The number of hydrogen-bond acceptors (Lipinski definition) is 2. The van der Waals surface area contributed by atoms with Crippen LogP contribution in [0.2, 0.25) is 0 Å². The molecule has 0 spiro atoms. The monoisotopic (exact) mass is 279 g/mol. The first-order chi connectivity index (χ1) is 9.45. The molecule has 1 N–H and O–H groups in total. The van der Waals surface area contributed by atoms with Crippen molar-refractivity contribution in [3.05, 3.63) is 35.1 Å². The van der Waals surface area contributed by atoms with Crippen molar-refractivity contribution in [2.24, 2.45) is 11.8 Å². The van der Waals surface area contributed by atoms with Gasteiger partial charge in [-0.05, 0) is 48.8 Å². The number of aliphatic hydroxyl groups is 1. The number of piperidine rings is 1. The third-order valence-corrected chi connectivity index (χ3v) is 4.23. The quantitative estimate of drug-likeness (QED) is 0.911. The summed E-state index contributed by atoms with van der Waals surface area (Å²) in [5, 5.41) is 10.2. The molecule has 0 saturated carbocycles. The fourth-order valence-electron chi connectivity index (χ4n) is 3.32. The lowest BCUT2D eigenvalue weighted by Crippen LogP contribution is -2.39. The predicted octanol–water partition coefficient (Wildman–Crippen LogP) is 3.54. The number of nitrogens with zero attached hydrogens (tertiary/aromatic N) is 1. The van der Waals surface area contributed by atoms with Gasteiger partial charge in [-0.2, -0.15) is 0 Å². The molecule has 1 fully saturated rings. The van der Waals surface area contributed by atoms with Gasteiger partial charge in [0, 0.05) is 19.6 Å². The van der Waals surface area contributed by atoms with Gasteiger partial charge < -0.3 is 10.0 Å². The van der Waals surface area contributed by atoms with Crippen LogP contribution in [0.15, 0.2) is 18.2 Å². The second-order valence-corrected chi connectivity index (χ2v) is 6.52. The van der Waals surface area contributed by atoms with Crippen molar-refractivity contribution >= 4 is 0 Å². The second-order valence-electron chi connectivity index (χ2n) is 6.52. The summed E-state index contributed by atoms with van der Waals surface area (Å²) in [6, 6.07) is 4.88. The van der Waals surface area contributed by atoms with Crippen LogP contribution in [0.3, 0.4) is 0 Å². The molecule has 3 heteroatoms. The molecule has 1 aromatic rings. The number of likely N-dealkylation sites (tertiary alicyclic amines) is 1. The van der Waals surface area contributed by atoms with Crippen LogP contribution in [-0.2, 0) is 0 Å². The van der Waals surface area contributed by atoms with Gasteiger partial charge in [-0.1, -0.05) is 26.0 Å². The summed E-state index contributed by atoms with van der Waals surface area (Å²) in [5.74, 6) is 1.27. The van der Waals surface area contributed by atoms with E-state index in [2.05, 4.69) is 18.7 Å². The van der Waals surface area contributed by atoms with Crippen molar-refractivity contribution in [2.75, 3.05) is 19.6 Å². The molecule has 1 aliphatic rings. The molecule has 0 amide bonds. The maximum Gasteiger partial charge on any atom is 0.126 e. The van der Waals surface area contributed by atoms with Gasteiger partial charge in [-0.25, -0.2) is 4.39 Å². The Labute approximate surface area is 121 Å². The molecule has 20 heavy (non-hydrogen) atoms. The normalized spacial score (nSPS) is 25.6. The summed E-state index contributed by atoms with van der Waals surface area (Å²) in [4.78, 5) is 2.44. The lowest BCUT2D eigenvalue weighted by Gasteiger charge is -2.35. The van der Waals surface area contributed by atoms with Crippen LogP contribution < -0.4 is 0 Å². The molecule has 3 unspecified atom stereocenters. The van der Waals surface area contributed by atoms with E-state index in [1.807, 2.05) is 0 Å². The van der Waals surface area contributed by atoms with Gasteiger partial charge in [-0.3, -0.25) is 0 Å². The zero-order chi connectivity index (χ0) is 14.7. The van der Waals surface area contributed by atoms with Gasteiger partial charge in [0.05, 0.1) is 6.10 Å². The fourth-order valence-corrected chi connectivity index (χ4v) is 3.32. The average molecular weight is 279 g/mol. The van der Waals surface area contributed by atoms with E-state index < -0.39 is 6.10 Å². The second kappa shape index (κ2) is 6.68. The Hall–Kier alpha value is -0.930. The predicted molar refractivity (Wildman–Crippen MR) is 80.1 cm³/mol. The van der Waals surface area contributed by atoms with Crippen LogP contribution in [0.4, 0.5) is 4.39 Å². The summed E-state index contributed by atoms with van der Waals surface area (Å²) in [7, 11) is 0. The number of halogens is 1. The lowest BCUT2D eigenvalue weighted by molar-refractivity contribution is 0.103. The number of hydrogen-bond donors (Lipinski definition) is 1. The van der Waals surface area contributed by atoms with E-state index in [-0.39, 0.29) is 5.82 Å². The maximum atomic E-state index is 13.2. The molecule has 1 heterocycles. The molecule has 0 aromatic heterocycles. The first kappa shape index (κ1) is 15.5. The fraction of sp³-hybridized carbons (Fsp3) is 0.647. The van der Waals surface area contributed by atoms with Crippen molar-refractivity contribution in [3.63, 3.8) is 0 Å². The van der Waals surface area contributed by atoms with Gasteiger partial charge in [0.15, 0.2) is 0 Å². The van der Waals surface area contributed by atoms with Crippen LogP contribution in [0, 0.1) is 24.6 Å². The SMILES string of the molecule is Cc1cc(C(O)CCN2CC(C)CC(C)C2)ccc1F. The zero-order valence-electron chi connectivity index (χ0n) is 12.8. The number of aryl methyl sites for hydroxylation is 1. The van der Waals surface area contributed by atoms with Crippen molar-refractivity contribution in [2.45, 2.75) is 39.7 Å². The molecule has 1 aliphatic heterocycles. The Morgan fingerprint density at radius 3 is 2.55 bits per heavy atom. The third-order valence-electron chi connectivity index (χ3n) is 4.23. The highest BCUT2D eigenvalue weighted by Crippen LogP contribution is 2.24. The summed E-state index contributed by atoms with van der Waals surface area (Å²) in [5.41, 5.74) is 1.42. The standard InChI is InChI=1S/C17H26FNO/c1-12-8-13(2)11-19(10-12)7-6-17(20)15-4-5-16(18)14(3)9-15/h4-5,9,12-13,17,20H,6-8,10-11H2,1-3H3. The summed E-state index contributed by atoms with van der Waals surface area (Å²) in [6.07, 6.45) is 1.52. The minimum Gasteiger partial charge on any atom is -0.388 e. The Morgan fingerprint density at radius 2 is 1.95 bits per heavy atom. The van der Waals surface area contributed by atoms with E-state index in [1.54, 1.807) is 19.1 Å². The van der Waals surface area contributed by atoms with Crippen LogP contribution in [0.25, 0.3) is 0 Å². The van der Waals surface area contributed by atoms with Gasteiger partial charge in [0.2, 0.25) is 0 Å². The smallest absolute Gasteiger partial charge is 0.126 e. The van der Waals surface area contributed by atoms with Crippen LogP contribution in [-0.4, -0.2) is 29.6 Å². The van der Waals surface area contributed by atoms with E-state index in [0.717, 1.165) is 37.0 Å². The molecule has 112 valence electrons. The minimum absolute atomic E-state index is 0.209. The highest BCUT2D eigenvalue weighted by molar-refractivity contribution is 5.25. The van der Waals surface area contributed by atoms with Crippen molar-refractivity contribution in [1.29, 1.82) is 0 Å². The van der Waals surface area contributed by atoms with Crippen LogP contribution in [0.5, 0.6) is 0 Å². The third kappa shape index (κ3) is 4.03. The molecule has 1 aromatic carbocycles. The van der Waals surface area contributed by atoms with E-state index in [9.17, 15) is 9.50 Å². The van der Waals surface area contributed by atoms with Gasteiger partial charge in [0.1, 0.15) is 5.82 Å². The summed E-state index contributed by atoms with van der Waals surface area (Å²) in [6.45, 7) is 9.48. The number of aliphatic hydroxyl groups excluding tert-OH is 1. The van der Waals surface area contributed by atoms with E-state index >= 15 is 0 Å². The van der Waals surface area contributed by atoms with Crippen molar-refractivity contribution in [1.82, 2.24) is 4.90 Å². The Balaban J connectivity index is 1.88. The van der Waals surface area contributed by atoms with E-state index in [0.29, 0.717) is 12.0 Å². The molecule has 0 bridgehead atoms. The molecule has 2 nitrogen and oxygen atoms in total. The highest BCUT2D eigenvalue weighted by Gasteiger charge is 2.22. The number of rotatable bonds is 4. The molecular weight excluding hydrogens is 253 g/mol. The van der Waals surface area contributed by atoms with Crippen LogP contribution >= 0.6 is 0 Å². The molecule has 2 rings (SSSR count). The zero-order valence-corrected chi connectivity index (χ0v) is 12.8. The Bertz CT molecular complexity index is 439. The maximum absolute atomic E-state index is 13.2. The summed E-state index contributed by atoms with van der Waals surface area (Å²) < 4.78 is 13.2. The average Bonchev–Trinajstić information content (AvgIpc) is 2.38. The first-order valence-electron chi connectivity index (χ1n) is 7.62. The van der Waals surface area contributed by atoms with Crippen molar-refractivity contribution < 1.29 is 9.50 Å². The van der Waals surface area contributed by atoms with Gasteiger partial charge >= 0.3 is 0 Å². The Morgan fingerprint density at radius 1 is 1.30 bits per heavy atom. The van der Waals surface area contributed by atoms with Crippen molar-refractivity contribution in [3.8, 4) is 0 Å². The van der Waals surface area contributed by atoms with Gasteiger partial charge in [0.25, 0.3) is 0 Å². The molecule has 0 radical (unpaired) electrons. The van der Waals surface area contributed by atoms with E-state index in [4.69, 9.17) is 0 Å². The largest absolute Gasteiger partial charge is 0.388 e. The lowest BCUT2D eigenvalue weighted by atomic mass is 9.91. The molecular formula is C17H26FNO.